The summed E-state index contributed by atoms with van der Waals surface area (Å²) < 4.78 is 10.2. The molecular weight excluding hydrogens is 388 g/mol. The Morgan fingerprint density at radius 2 is 2.07 bits per heavy atom. The highest BCUT2D eigenvalue weighted by molar-refractivity contribution is 5.94. The van der Waals surface area contributed by atoms with Crippen molar-refractivity contribution in [3.05, 3.63) is 60.0 Å². The van der Waals surface area contributed by atoms with E-state index in [0.29, 0.717) is 11.0 Å². The minimum atomic E-state index is -0.966. The first kappa shape index (κ1) is 20.7. The molecule has 3 N–H and O–H groups in total. The van der Waals surface area contributed by atoms with Crippen LogP contribution in [0.3, 0.4) is 0 Å². The van der Waals surface area contributed by atoms with Gasteiger partial charge in [-0.25, -0.2) is 9.78 Å². The number of nitrogens with one attached hydrogen (secondary N) is 2. The summed E-state index contributed by atoms with van der Waals surface area (Å²) in [6, 6.07) is 11.1. The van der Waals surface area contributed by atoms with Crippen LogP contribution < -0.4 is 5.32 Å². The Morgan fingerprint density at radius 3 is 2.70 bits per heavy atom. The summed E-state index contributed by atoms with van der Waals surface area (Å²) in [7, 11) is 0. The van der Waals surface area contributed by atoms with Crippen LogP contribution in [0.1, 0.15) is 30.2 Å². The second-order valence-electron chi connectivity index (χ2n) is 6.82. The zero-order valence-corrected chi connectivity index (χ0v) is 16.4. The van der Waals surface area contributed by atoms with Crippen molar-refractivity contribution in [1.29, 1.82) is 5.26 Å². The van der Waals surface area contributed by atoms with Crippen LogP contribution in [0.2, 0.25) is 0 Å². The highest BCUT2D eigenvalue weighted by Gasteiger charge is 2.27. The summed E-state index contributed by atoms with van der Waals surface area (Å²) >= 11 is 0. The number of carbonyl (C=O) groups is 2. The molecule has 0 bridgehead atoms. The predicted molar refractivity (Wildman–Crippen MR) is 107 cm³/mol. The lowest BCUT2D eigenvalue weighted by Gasteiger charge is -2.20. The van der Waals surface area contributed by atoms with E-state index in [1.807, 2.05) is 12.1 Å². The molecule has 3 aromatic rings. The van der Waals surface area contributed by atoms with E-state index in [4.69, 9.17) is 9.15 Å². The Morgan fingerprint density at radius 1 is 1.30 bits per heavy atom. The van der Waals surface area contributed by atoms with Gasteiger partial charge in [0.25, 0.3) is 5.91 Å². The quantitative estimate of drug-likeness (QED) is 0.310. The van der Waals surface area contributed by atoms with Crippen molar-refractivity contribution in [3.8, 4) is 6.07 Å². The van der Waals surface area contributed by atoms with Crippen molar-refractivity contribution in [1.82, 2.24) is 15.3 Å². The molecule has 0 aliphatic rings. The van der Waals surface area contributed by atoms with Gasteiger partial charge in [-0.15, -0.1) is 0 Å². The Hall–Kier alpha value is -4.06. The first-order valence-electron chi connectivity index (χ1n) is 9.19. The molecule has 9 nitrogen and oxygen atoms in total. The zero-order chi connectivity index (χ0) is 21.7. The number of nitriles is 1. The number of furan rings is 1. The SMILES string of the molecule is CC(C)C(NC(=O)c1ccco1)C(=O)OC/C(O)=C(\C#N)c1nc2ccccc2[nH]1. The van der Waals surface area contributed by atoms with Crippen LogP contribution in [0.4, 0.5) is 0 Å². The lowest BCUT2D eigenvalue weighted by atomic mass is 10.0. The number of benzene rings is 1. The number of amides is 1. The minimum absolute atomic E-state index is 0.0628. The largest absolute Gasteiger partial charge is 0.507 e. The maximum absolute atomic E-state index is 12.5. The van der Waals surface area contributed by atoms with Crippen LogP contribution in [0.5, 0.6) is 0 Å². The molecule has 0 fully saturated rings. The molecule has 0 radical (unpaired) electrons. The lowest BCUT2D eigenvalue weighted by Crippen LogP contribution is -2.45. The Kier molecular flexibility index (Phi) is 6.17. The third-order valence-corrected chi connectivity index (χ3v) is 4.33. The number of nitrogens with zero attached hydrogens (tertiary/aromatic N) is 2. The number of allylic oxidation sites excluding steroid dienone is 1. The van der Waals surface area contributed by atoms with Gasteiger partial charge in [-0.1, -0.05) is 26.0 Å². The molecule has 0 aliphatic carbocycles. The molecule has 0 spiro atoms. The lowest BCUT2D eigenvalue weighted by molar-refractivity contribution is -0.146. The molecule has 30 heavy (non-hydrogen) atoms. The van der Waals surface area contributed by atoms with Crippen LogP contribution in [-0.4, -0.2) is 39.6 Å². The van der Waals surface area contributed by atoms with Crippen LogP contribution in [0.25, 0.3) is 16.6 Å². The maximum Gasteiger partial charge on any atom is 0.329 e. The zero-order valence-electron chi connectivity index (χ0n) is 16.4. The molecule has 1 amide bonds. The Bertz CT molecular complexity index is 1090. The third kappa shape index (κ3) is 4.50. The first-order chi connectivity index (χ1) is 14.4. The van der Waals surface area contributed by atoms with Crippen molar-refractivity contribution in [3.63, 3.8) is 0 Å². The maximum atomic E-state index is 12.5. The smallest absolute Gasteiger partial charge is 0.329 e. The van der Waals surface area contributed by atoms with E-state index in [9.17, 15) is 20.0 Å². The number of aliphatic hydroxyl groups is 1. The number of hydrogen-bond donors (Lipinski definition) is 3. The second-order valence-corrected chi connectivity index (χ2v) is 6.82. The molecule has 0 saturated heterocycles. The normalized spacial score (nSPS) is 12.9. The van der Waals surface area contributed by atoms with E-state index in [1.165, 1.54) is 12.3 Å². The molecule has 3 rings (SSSR count). The predicted octanol–water partition coefficient (Wildman–Crippen LogP) is 2.95. The number of aliphatic hydroxyl groups excluding tert-OH is 1. The van der Waals surface area contributed by atoms with E-state index in [-0.39, 0.29) is 23.1 Å². The number of imidazole rings is 1. The molecule has 1 atom stereocenters. The number of H-pyrrole nitrogens is 1. The summed E-state index contributed by atoms with van der Waals surface area (Å²) in [6.45, 7) is 2.93. The van der Waals surface area contributed by atoms with Gasteiger partial charge in [0.2, 0.25) is 0 Å². The minimum Gasteiger partial charge on any atom is -0.507 e. The van der Waals surface area contributed by atoms with Gasteiger partial charge in [-0.3, -0.25) is 4.79 Å². The van der Waals surface area contributed by atoms with Crippen LogP contribution in [-0.2, 0) is 9.53 Å². The summed E-state index contributed by atoms with van der Waals surface area (Å²) in [5, 5.41) is 22.3. The number of aromatic nitrogens is 2. The number of esters is 1. The average Bonchev–Trinajstić information content (AvgIpc) is 3.40. The Labute approximate surface area is 172 Å². The molecule has 154 valence electrons. The summed E-state index contributed by atoms with van der Waals surface area (Å²) in [6.07, 6.45) is 1.35. The van der Waals surface area contributed by atoms with Gasteiger partial charge in [0.1, 0.15) is 24.3 Å². The average molecular weight is 408 g/mol. The number of ether oxygens (including phenoxy) is 1. The van der Waals surface area contributed by atoms with E-state index in [1.54, 1.807) is 38.1 Å². The van der Waals surface area contributed by atoms with Gasteiger partial charge in [0.05, 0.1) is 17.3 Å². The highest BCUT2D eigenvalue weighted by Crippen LogP contribution is 2.19. The number of fused-ring (bicyclic) bond motifs is 1. The number of para-hydroxylation sites is 2. The van der Waals surface area contributed by atoms with Crippen LogP contribution in [0.15, 0.2) is 52.8 Å². The number of rotatable bonds is 7. The summed E-state index contributed by atoms with van der Waals surface area (Å²) in [4.78, 5) is 31.8. The number of aromatic amines is 1. The van der Waals surface area contributed by atoms with Crippen molar-refractivity contribution in [2.45, 2.75) is 19.9 Å². The van der Waals surface area contributed by atoms with Gasteiger partial charge in [0, 0.05) is 0 Å². The standard InChI is InChI=1S/C21H20N4O5/c1-12(2)18(25-20(27)17-8-5-9-29-17)21(28)30-11-16(26)13(10-22)19-23-14-6-3-4-7-15(14)24-19/h3-9,12,18,26H,11H2,1-2H3,(H,23,24)(H,25,27)/b16-13-. The molecule has 2 aromatic heterocycles. The highest BCUT2D eigenvalue weighted by atomic mass is 16.5. The molecule has 9 heteroatoms. The molecular formula is C21H20N4O5. The van der Waals surface area contributed by atoms with Crippen molar-refractivity contribution in [2.24, 2.45) is 5.92 Å². The van der Waals surface area contributed by atoms with E-state index in [0.717, 1.165) is 0 Å². The molecule has 0 aliphatic heterocycles. The monoisotopic (exact) mass is 408 g/mol. The number of carbonyl (C=O) groups excluding carboxylic acids is 2. The summed E-state index contributed by atoms with van der Waals surface area (Å²) in [5.41, 5.74) is 1.19. The van der Waals surface area contributed by atoms with Gasteiger partial charge in [-0.05, 0) is 30.2 Å². The second kappa shape index (κ2) is 8.96. The van der Waals surface area contributed by atoms with Gasteiger partial charge < -0.3 is 24.6 Å². The van der Waals surface area contributed by atoms with Gasteiger partial charge in [-0.2, -0.15) is 5.26 Å². The van der Waals surface area contributed by atoms with Gasteiger partial charge >= 0.3 is 5.97 Å². The van der Waals surface area contributed by atoms with E-state index < -0.39 is 30.3 Å². The first-order valence-corrected chi connectivity index (χ1v) is 9.19. The Balaban J connectivity index is 1.71. The van der Waals surface area contributed by atoms with Gasteiger partial charge in [0.15, 0.2) is 17.3 Å². The molecule has 1 aromatic carbocycles. The molecule has 0 saturated carbocycles. The molecule has 2 heterocycles. The van der Waals surface area contributed by atoms with E-state index in [2.05, 4.69) is 15.3 Å². The summed E-state index contributed by atoms with van der Waals surface area (Å²) in [5.74, 6) is -1.82. The number of hydrogen-bond acceptors (Lipinski definition) is 7. The fourth-order valence-corrected chi connectivity index (χ4v) is 2.74. The fourth-order valence-electron chi connectivity index (χ4n) is 2.74. The van der Waals surface area contributed by atoms with Crippen LogP contribution in [0, 0.1) is 17.2 Å². The van der Waals surface area contributed by atoms with Crippen molar-refractivity contribution >= 4 is 28.5 Å². The topological polar surface area (TPSA) is 141 Å². The van der Waals surface area contributed by atoms with Crippen molar-refractivity contribution < 1.29 is 23.8 Å². The fraction of sp³-hybridized carbons (Fsp3) is 0.238. The van der Waals surface area contributed by atoms with E-state index >= 15 is 0 Å². The van der Waals surface area contributed by atoms with Crippen molar-refractivity contribution in [2.75, 3.05) is 6.61 Å². The van der Waals surface area contributed by atoms with Crippen LogP contribution >= 0.6 is 0 Å². The third-order valence-electron chi connectivity index (χ3n) is 4.33. The molecule has 1 unspecified atom stereocenters.